The van der Waals surface area contributed by atoms with Crippen LogP contribution in [-0.4, -0.2) is 33.3 Å². The van der Waals surface area contributed by atoms with Gasteiger partial charge >= 0.3 is 12.1 Å². The van der Waals surface area contributed by atoms with Gasteiger partial charge in [-0.1, -0.05) is 32.0 Å². The summed E-state index contributed by atoms with van der Waals surface area (Å²) in [6.45, 7) is 5.24. The predicted molar refractivity (Wildman–Crippen MR) is 108 cm³/mol. The Morgan fingerprint density at radius 3 is 2.61 bits per heavy atom. The molecular weight excluding hydrogens is 411 g/mol. The fraction of sp³-hybridized carbons (Fsp3) is 0.273. The van der Waals surface area contributed by atoms with Crippen molar-refractivity contribution in [1.29, 1.82) is 0 Å². The number of hydrogen-bond donors (Lipinski definition) is 1. The minimum Gasteiger partial charge on any atom is -0.462 e. The first kappa shape index (κ1) is 20.7. The Labute approximate surface area is 174 Å². The maximum Gasteiger partial charge on any atom is 0.434 e. The van der Waals surface area contributed by atoms with E-state index in [1.165, 1.54) is 6.92 Å². The van der Waals surface area contributed by atoms with Crippen LogP contribution in [0.2, 0.25) is 0 Å². The average molecular weight is 429 g/mol. The van der Waals surface area contributed by atoms with Crippen molar-refractivity contribution in [3.8, 4) is 5.69 Å². The van der Waals surface area contributed by atoms with Crippen molar-refractivity contribution in [1.82, 2.24) is 14.8 Å². The number of esters is 1. The summed E-state index contributed by atoms with van der Waals surface area (Å²) in [5.74, 6) is 0.693. The van der Waals surface area contributed by atoms with Crippen LogP contribution >= 0.6 is 0 Å². The van der Waals surface area contributed by atoms with Gasteiger partial charge in [0.05, 0.1) is 24.0 Å². The van der Waals surface area contributed by atoms with Crippen LogP contribution in [0.3, 0.4) is 0 Å². The first-order chi connectivity index (χ1) is 14.7. The lowest BCUT2D eigenvalue weighted by molar-refractivity contribution is -0.143. The average Bonchev–Trinajstić information content (AvgIpc) is 3.31. The Bertz CT molecular complexity index is 1390. The predicted octanol–water partition coefficient (Wildman–Crippen LogP) is 4.05. The van der Waals surface area contributed by atoms with Gasteiger partial charge in [0.15, 0.2) is 11.6 Å². The van der Waals surface area contributed by atoms with Crippen LogP contribution in [0.1, 0.15) is 48.3 Å². The number of halogens is 3. The van der Waals surface area contributed by atoms with Gasteiger partial charge in [-0.3, -0.25) is 0 Å². The van der Waals surface area contributed by atoms with Crippen molar-refractivity contribution < 1.29 is 27.5 Å². The van der Waals surface area contributed by atoms with E-state index in [1.807, 2.05) is 19.8 Å². The van der Waals surface area contributed by atoms with E-state index in [0.29, 0.717) is 27.2 Å². The Kier molecular flexibility index (Phi) is 4.86. The molecule has 0 aliphatic rings. The van der Waals surface area contributed by atoms with E-state index in [4.69, 9.17) is 4.74 Å². The van der Waals surface area contributed by atoms with Crippen molar-refractivity contribution in [3.05, 3.63) is 52.6 Å². The molecule has 0 saturated heterocycles. The van der Waals surface area contributed by atoms with Crippen molar-refractivity contribution in [3.63, 3.8) is 0 Å². The highest BCUT2D eigenvalue weighted by Gasteiger charge is 2.41. The number of nitrogens with one attached hydrogen (secondary N) is 1. The van der Waals surface area contributed by atoms with E-state index in [-0.39, 0.29) is 23.6 Å². The van der Waals surface area contributed by atoms with Crippen molar-refractivity contribution in [2.24, 2.45) is 0 Å². The molecule has 0 aliphatic heterocycles. The lowest BCUT2D eigenvalue weighted by atomic mass is 9.95. The fourth-order valence-electron chi connectivity index (χ4n) is 3.89. The zero-order valence-corrected chi connectivity index (χ0v) is 16.9. The van der Waals surface area contributed by atoms with Crippen LogP contribution in [0.5, 0.6) is 0 Å². The summed E-state index contributed by atoms with van der Waals surface area (Å²) in [4.78, 5) is 26.6. The van der Waals surface area contributed by atoms with E-state index in [2.05, 4.69) is 10.1 Å². The summed E-state index contributed by atoms with van der Waals surface area (Å²) in [6, 6.07) is 6.61. The molecule has 9 heteroatoms. The molecule has 1 N–H and O–H groups in total. The summed E-state index contributed by atoms with van der Waals surface area (Å²) in [5.41, 5.74) is -0.342. The number of aromatic nitrogens is 3. The summed E-state index contributed by atoms with van der Waals surface area (Å²) in [7, 11) is 0. The molecule has 0 bridgehead atoms. The first-order valence-corrected chi connectivity index (χ1v) is 9.63. The molecule has 0 spiro atoms. The second-order valence-electron chi connectivity index (χ2n) is 7.38. The maximum atomic E-state index is 14.0. The Morgan fingerprint density at radius 1 is 1.29 bits per heavy atom. The number of alkyl halides is 3. The van der Waals surface area contributed by atoms with Gasteiger partial charge in [-0.2, -0.15) is 18.3 Å². The molecule has 4 rings (SSSR count). The number of rotatable bonds is 4. The molecule has 2 aromatic carbocycles. The van der Waals surface area contributed by atoms with Gasteiger partial charge in [0.25, 0.3) is 0 Å². The normalized spacial score (nSPS) is 12.1. The third-order valence-corrected chi connectivity index (χ3v) is 5.18. The lowest BCUT2D eigenvalue weighted by Gasteiger charge is -2.17. The topological polar surface area (TPSA) is 77.0 Å². The molecule has 2 heterocycles. The Hall–Kier alpha value is -3.58. The molecule has 0 fully saturated rings. The van der Waals surface area contributed by atoms with Gasteiger partial charge in [-0.05, 0) is 24.5 Å². The molecule has 6 nitrogen and oxygen atoms in total. The number of carbonyl (C=O) groups excluding carboxylic acids is 2. The van der Waals surface area contributed by atoms with Gasteiger partial charge in [0.2, 0.25) is 0 Å². The van der Waals surface area contributed by atoms with E-state index in [1.54, 1.807) is 24.3 Å². The summed E-state index contributed by atoms with van der Waals surface area (Å²) in [5, 5.41) is 5.77. The van der Waals surface area contributed by atoms with E-state index >= 15 is 0 Å². The molecule has 0 saturated carbocycles. The number of benzene rings is 2. The Morgan fingerprint density at radius 2 is 2.00 bits per heavy atom. The van der Waals surface area contributed by atoms with Gasteiger partial charge in [-0.15, -0.1) is 0 Å². The standard InChI is InChI=1S/C22H18F3N3O3/c1-4-31-21(30)15-9-26-28(20(15)22(23,24)25)17-8-14(11(2)3)19-18-12(16(10-29)27-19)6-5-7-13(17)18/h5-9,11,27H,4H2,1-3H3. The highest BCUT2D eigenvalue weighted by Crippen LogP contribution is 2.39. The quantitative estimate of drug-likeness (QED) is 0.497. The van der Waals surface area contributed by atoms with E-state index in [0.717, 1.165) is 10.9 Å². The van der Waals surface area contributed by atoms with Gasteiger partial charge in [-0.25, -0.2) is 14.3 Å². The van der Waals surface area contributed by atoms with Crippen molar-refractivity contribution >= 4 is 33.6 Å². The SMILES string of the molecule is CCOC(=O)c1cnn(-c2cc(C(C)C)c3[nH]c(=C=O)c4cccc2c34)c1C(F)(F)F. The second kappa shape index (κ2) is 7.28. The van der Waals surface area contributed by atoms with Crippen LogP contribution in [0.25, 0.3) is 27.4 Å². The van der Waals surface area contributed by atoms with Crippen molar-refractivity contribution in [2.75, 3.05) is 6.61 Å². The van der Waals surface area contributed by atoms with E-state index < -0.39 is 23.4 Å². The number of nitrogens with zero attached hydrogens (tertiary/aromatic N) is 2. The summed E-state index contributed by atoms with van der Waals surface area (Å²) >= 11 is 0. The van der Waals surface area contributed by atoms with Gasteiger partial charge in [0, 0.05) is 16.2 Å². The third kappa shape index (κ3) is 3.18. The molecule has 2 aromatic heterocycles. The number of aromatic amines is 1. The minimum absolute atomic E-state index is 0.0632. The van der Waals surface area contributed by atoms with Gasteiger partial charge in [0.1, 0.15) is 10.9 Å². The molecule has 160 valence electrons. The highest BCUT2D eigenvalue weighted by atomic mass is 19.4. The number of H-pyrrole nitrogens is 1. The van der Waals surface area contributed by atoms with Gasteiger partial charge < -0.3 is 9.72 Å². The van der Waals surface area contributed by atoms with Crippen LogP contribution in [-0.2, 0) is 15.7 Å². The zero-order chi connectivity index (χ0) is 22.5. The highest BCUT2D eigenvalue weighted by molar-refractivity contribution is 6.14. The number of carbonyl (C=O) groups is 1. The monoisotopic (exact) mass is 429 g/mol. The smallest absolute Gasteiger partial charge is 0.434 e. The molecule has 0 radical (unpaired) electrons. The summed E-state index contributed by atoms with van der Waals surface area (Å²) < 4.78 is 47.6. The maximum absolute atomic E-state index is 14.0. The van der Waals surface area contributed by atoms with Crippen LogP contribution in [0.4, 0.5) is 13.2 Å². The molecule has 4 aromatic rings. The summed E-state index contributed by atoms with van der Waals surface area (Å²) in [6.07, 6.45) is -3.99. The van der Waals surface area contributed by atoms with Crippen molar-refractivity contribution in [2.45, 2.75) is 32.9 Å². The fourth-order valence-corrected chi connectivity index (χ4v) is 3.89. The molecule has 0 atom stereocenters. The zero-order valence-electron chi connectivity index (χ0n) is 16.9. The molecule has 0 unspecified atom stereocenters. The lowest BCUT2D eigenvalue weighted by Crippen LogP contribution is -2.19. The first-order valence-electron chi connectivity index (χ1n) is 9.63. The number of hydrogen-bond acceptors (Lipinski definition) is 4. The molecule has 31 heavy (non-hydrogen) atoms. The molecule has 0 amide bonds. The third-order valence-electron chi connectivity index (χ3n) is 5.18. The minimum atomic E-state index is -4.86. The van der Waals surface area contributed by atoms with Crippen LogP contribution < -0.4 is 5.35 Å². The molecular formula is C22H18F3N3O3. The van der Waals surface area contributed by atoms with Crippen LogP contribution in [0, 0.1) is 0 Å². The Balaban J connectivity index is 2.14. The van der Waals surface area contributed by atoms with Crippen LogP contribution in [0.15, 0.2) is 30.5 Å². The number of ether oxygens (including phenoxy) is 1. The largest absolute Gasteiger partial charge is 0.462 e. The molecule has 0 aliphatic carbocycles. The van der Waals surface area contributed by atoms with E-state index in [9.17, 15) is 22.8 Å². The second-order valence-corrected chi connectivity index (χ2v) is 7.38.